The summed E-state index contributed by atoms with van der Waals surface area (Å²) in [4.78, 5) is 20.5. The van der Waals surface area contributed by atoms with Crippen LogP contribution < -0.4 is 22.1 Å². The molecule has 0 fully saturated rings. The number of nitrogens with two attached hydrogens (primary N) is 2. The Morgan fingerprint density at radius 1 is 1.28 bits per heavy atom. The Bertz CT molecular complexity index is 1050. The fourth-order valence-electron chi connectivity index (χ4n) is 2.94. The van der Waals surface area contributed by atoms with Gasteiger partial charge in [-0.1, -0.05) is 13.0 Å². The molecule has 29 heavy (non-hydrogen) atoms. The van der Waals surface area contributed by atoms with E-state index in [1.807, 2.05) is 45.0 Å². The number of fused-ring (bicyclic) bond motifs is 1. The third-order valence-corrected chi connectivity index (χ3v) is 5.25. The Morgan fingerprint density at radius 3 is 2.69 bits per heavy atom. The van der Waals surface area contributed by atoms with Crippen LogP contribution >= 0.6 is 0 Å². The summed E-state index contributed by atoms with van der Waals surface area (Å²) in [5.74, 6) is -1.29. The molecule has 0 aliphatic heterocycles. The van der Waals surface area contributed by atoms with Crippen LogP contribution in [0, 0.1) is 5.82 Å². The molecule has 0 spiro atoms. The summed E-state index contributed by atoms with van der Waals surface area (Å²) in [6, 6.07) is 10.1. The molecule has 2 atom stereocenters. The first-order chi connectivity index (χ1) is 13.7. The minimum absolute atomic E-state index is 0.00149. The molecular formula is C21H25FN6O. The average Bonchev–Trinajstić information content (AvgIpc) is 2.69. The van der Waals surface area contributed by atoms with E-state index in [9.17, 15) is 9.18 Å². The van der Waals surface area contributed by atoms with Crippen LogP contribution in [0.4, 0.5) is 21.7 Å². The fraction of sp³-hybridized carbons (Fsp3) is 0.286. The summed E-state index contributed by atoms with van der Waals surface area (Å²) in [5.41, 5.74) is 12.4. The normalized spacial score (nSPS) is 14.2. The van der Waals surface area contributed by atoms with Gasteiger partial charge in [-0.25, -0.2) is 9.37 Å². The second kappa shape index (κ2) is 8.00. The Hall–Kier alpha value is -3.26. The molecule has 0 aliphatic carbocycles. The molecule has 0 bridgehead atoms. The minimum Gasteiger partial charge on any atom is -0.365 e. The van der Waals surface area contributed by atoms with Gasteiger partial charge < -0.3 is 22.1 Å². The quantitative estimate of drug-likeness (QED) is 0.485. The molecular weight excluding hydrogens is 371 g/mol. The number of anilines is 3. The minimum atomic E-state index is -0.779. The molecule has 1 unspecified atom stereocenters. The molecule has 6 N–H and O–H groups in total. The molecule has 1 aromatic carbocycles. The molecule has 0 aliphatic rings. The molecule has 2 aromatic heterocycles. The Labute approximate surface area is 168 Å². The number of rotatable bonds is 7. The number of carbonyl (C=O) groups excluding carboxylic acids is 1. The number of hydrogen-bond donors (Lipinski definition) is 4. The van der Waals surface area contributed by atoms with E-state index in [0.717, 1.165) is 17.0 Å². The maximum absolute atomic E-state index is 14.7. The van der Waals surface area contributed by atoms with Crippen molar-refractivity contribution in [2.75, 3.05) is 10.6 Å². The van der Waals surface area contributed by atoms with E-state index < -0.39 is 17.3 Å². The number of aromatic nitrogens is 2. The number of hydrogen-bond acceptors (Lipinski definition) is 6. The Kier molecular flexibility index (Phi) is 5.65. The standard InChI is InChI=1S/C21H25FN6O/c1-4-21(3,12(2)23)28-20-16(22)11-15(18(24)29)19(27-20)26-14-7-8-17-13(10-14)6-5-9-25-17/h5-12H,4,23H2,1-3H3,(H2,24,29)(H2,26,27,28)/t12-,21?/m0/s1. The van der Waals surface area contributed by atoms with Gasteiger partial charge in [-0.2, -0.15) is 0 Å². The third-order valence-electron chi connectivity index (χ3n) is 5.25. The van der Waals surface area contributed by atoms with Crippen molar-refractivity contribution in [1.82, 2.24) is 9.97 Å². The molecule has 3 aromatic rings. The molecule has 0 radical (unpaired) electrons. The van der Waals surface area contributed by atoms with Gasteiger partial charge in [-0.15, -0.1) is 0 Å². The lowest BCUT2D eigenvalue weighted by molar-refractivity contribution is 0.100. The number of amides is 1. The van der Waals surface area contributed by atoms with Gasteiger partial charge in [0.25, 0.3) is 5.91 Å². The molecule has 0 saturated carbocycles. The van der Waals surface area contributed by atoms with Crippen LogP contribution in [-0.2, 0) is 0 Å². The number of halogens is 1. The number of nitrogens with one attached hydrogen (secondary N) is 2. The zero-order valence-corrected chi connectivity index (χ0v) is 16.7. The Balaban J connectivity index is 2.02. The van der Waals surface area contributed by atoms with Crippen LogP contribution in [0.2, 0.25) is 0 Å². The second-order valence-corrected chi connectivity index (χ2v) is 7.30. The number of carbonyl (C=O) groups is 1. The van der Waals surface area contributed by atoms with Crippen LogP contribution in [0.1, 0.15) is 37.6 Å². The van der Waals surface area contributed by atoms with Gasteiger partial charge in [0.2, 0.25) is 0 Å². The van der Waals surface area contributed by atoms with Crippen LogP contribution in [0.5, 0.6) is 0 Å². The highest BCUT2D eigenvalue weighted by Gasteiger charge is 2.29. The molecule has 8 heteroatoms. The van der Waals surface area contributed by atoms with E-state index in [1.54, 1.807) is 12.3 Å². The lowest BCUT2D eigenvalue weighted by Crippen LogP contribution is -2.49. The van der Waals surface area contributed by atoms with E-state index in [2.05, 4.69) is 20.6 Å². The van der Waals surface area contributed by atoms with E-state index in [-0.39, 0.29) is 23.2 Å². The van der Waals surface area contributed by atoms with Crippen LogP contribution in [0.15, 0.2) is 42.6 Å². The third kappa shape index (κ3) is 4.27. The number of benzene rings is 1. The summed E-state index contributed by atoms with van der Waals surface area (Å²) in [6.45, 7) is 5.69. The van der Waals surface area contributed by atoms with Crippen LogP contribution in [0.3, 0.4) is 0 Å². The smallest absolute Gasteiger partial charge is 0.252 e. The first-order valence-electron chi connectivity index (χ1n) is 9.39. The number of primary amides is 1. The van der Waals surface area contributed by atoms with Crippen molar-refractivity contribution in [2.45, 2.75) is 38.8 Å². The van der Waals surface area contributed by atoms with Crippen molar-refractivity contribution in [3.63, 3.8) is 0 Å². The maximum Gasteiger partial charge on any atom is 0.252 e. The first kappa shape index (κ1) is 20.5. The summed E-state index contributed by atoms with van der Waals surface area (Å²) in [5, 5.41) is 7.06. The maximum atomic E-state index is 14.7. The summed E-state index contributed by atoms with van der Waals surface area (Å²) in [7, 11) is 0. The Morgan fingerprint density at radius 2 is 2.03 bits per heavy atom. The van der Waals surface area contributed by atoms with Crippen molar-refractivity contribution >= 4 is 34.1 Å². The van der Waals surface area contributed by atoms with Gasteiger partial charge in [-0.05, 0) is 50.6 Å². The van der Waals surface area contributed by atoms with Crippen molar-refractivity contribution in [3.8, 4) is 0 Å². The highest BCUT2D eigenvalue weighted by atomic mass is 19.1. The highest BCUT2D eigenvalue weighted by Crippen LogP contribution is 2.28. The van der Waals surface area contributed by atoms with E-state index in [0.29, 0.717) is 12.1 Å². The fourth-order valence-corrected chi connectivity index (χ4v) is 2.94. The summed E-state index contributed by atoms with van der Waals surface area (Å²) >= 11 is 0. The number of pyridine rings is 2. The predicted octanol–water partition coefficient (Wildman–Crippen LogP) is 3.54. The van der Waals surface area contributed by atoms with Crippen molar-refractivity contribution in [1.29, 1.82) is 0 Å². The van der Waals surface area contributed by atoms with Gasteiger partial charge in [0.15, 0.2) is 11.6 Å². The molecule has 0 saturated heterocycles. The van der Waals surface area contributed by atoms with Crippen molar-refractivity contribution in [2.24, 2.45) is 11.5 Å². The van der Waals surface area contributed by atoms with Gasteiger partial charge in [-0.3, -0.25) is 9.78 Å². The zero-order chi connectivity index (χ0) is 21.2. The van der Waals surface area contributed by atoms with Crippen molar-refractivity contribution in [3.05, 3.63) is 54.0 Å². The van der Waals surface area contributed by atoms with E-state index in [1.165, 1.54) is 0 Å². The average molecular weight is 396 g/mol. The predicted molar refractivity (Wildman–Crippen MR) is 114 cm³/mol. The molecule has 152 valence electrons. The van der Waals surface area contributed by atoms with Gasteiger partial charge in [0, 0.05) is 23.3 Å². The van der Waals surface area contributed by atoms with E-state index >= 15 is 0 Å². The van der Waals surface area contributed by atoms with Gasteiger partial charge in [0.05, 0.1) is 16.6 Å². The second-order valence-electron chi connectivity index (χ2n) is 7.30. The lowest BCUT2D eigenvalue weighted by Gasteiger charge is -2.34. The van der Waals surface area contributed by atoms with Gasteiger partial charge in [0.1, 0.15) is 5.82 Å². The highest BCUT2D eigenvalue weighted by molar-refractivity contribution is 5.99. The summed E-state index contributed by atoms with van der Waals surface area (Å²) in [6.07, 6.45) is 2.37. The largest absolute Gasteiger partial charge is 0.365 e. The first-order valence-corrected chi connectivity index (χ1v) is 9.39. The lowest BCUT2D eigenvalue weighted by atomic mass is 9.91. The monoisotopic (exact) mass is 396 g/mol. The summed E-state index contributed by atoms with van der Waals surface area (Å²) < 4.78 is 14.7. The molecule has 2 heterocycles. The van der Waals surface area contributed by atoms with E-state index in [4.69, 9.17) is 11.5 Å². The van der Waals surface area contributed by atoms with Crippen LogP contribution in [-0.4, -0.2) is 27.5 Å². The molecule has 7 nitrogen and oxygen atoms in total. The number of nitrogens with zero attached hydrogens (tertiary/aromatic N) is 2. The van der Waals surface area contributed by atoms with Crippen LogP contribution in [0.25, 0.3) is 10.9 Å². The molecule has 3 rings (SSSR count). The SMILES string of the molecule is CCC(C)(Nc1nc(Nc2ccc3ncccc3c2)c(C(N)=O)cc1F)[C@H](C)N. The van der Waals surface area contributed by atoms with Crippen molar-refractivity contribution < 1.29 is 9.18 Å². The molecule has 1 amide bonds. The van der Waals surface area contributed by atoms with Gasteiger partial charge >= 0.3 is 0 Å². The topological polar surface area (TPSA) is 119 Å². The zero-order valence-electron chi connectivity index (χ0n) is 16.7.